The van der Waals surface area contributed by atoms with E-state index in [0.29, 0.717) is 5.82 Å². The second kappa shape index (κ2) is 5.30. The fraction of sp³-hybridized carbons (Fsp3) is 0.333. The third-order valence-corrected chi connectivity index (χ3v) is 2.56. The Kier molecular flexibility index (Phi) is 3.53. The maximum absolute atomic E-state index is 11.5. The molecular formula is C12H15N3O. The molecule has 0 radical (unpaired) electrons. The van der Waals surface area contributed by atoms with Crippen molar-refractivity contribution in [3.63, 3.8) is 0 Å². The second-order valence-corrected chi connectivity index (χ2v) is 3.82. The van der Waals surface area contributed by atoms with Crippen molar-refractivity contribution in [1.29, 1.82) is 0 Å². The van der Waals surface area contributed by atoms with E-state index in [1.807, 2.05) is 18.3 Å². The molecule has 0 spiro atoms. The van der Waals surface area contributed by atoms with Gasteiger partial charge in [0.25, 0.3) is 0 Å². The van der Waals surface area contributed by atoms with E-state index < -0.39 is 0 Å². The van der Waals surface area contributed by atoms with E-state index in [2.05, 4.69) is 15.6 Å². The molecule has 1 aromatic rings. The van der Waals surface area contributed by atoms with Gasteiger partial charge in [-0.15, -0.1) is 0 Å². The van der Waals surface area contributed by atoms with Gasteiger partial charge in [-0.2, -0.15) is 0 Å². The first-order valence-corrected chi connectivity index (χ1v) is 5.51. The first kappa shape index (κ1) is 10.7. The fourth-order valence-corrected chi connectivity index (χ4v) is 1.73. The smallest absolute Gasteiger partial charge is 0.314 e. The summed E-state index contributed by atoms with van der Waals surface area (Å²) in [5, 5.41) is 5.38. The molecule has 1 aromatic heterocycles. The number of allylic oxidation sites excluding steroid dienone is 1. The van der Waals surface area contributed by atoms with Crippen LogP contribution in [0.1, 0.15) is 25.7 Å². The third kappa shape index (κ3) is 3.08. The predicted molar refractivity (Wildman–Crippen MR) is 62.9 cm³/mol. The molecule has 1 fully saturated rings. The van der Waals surface area contributed by atoms with E-state index in [1.165, 1.54) is 18.4 Å². The van der Waals surface area contributed by atoms with Crippen molar-refractivity contribution in [2.45, 2.75) is 25.7 Å². The van der Waals surface area contributed by atoms with Crippen LogP contribution in [0.4, 0.5) is 10.6 Å². The molecule has 16 heavy (non-hydrogen) atoms. The average molecular weight is 217 g/mol. The summed E-state index contributed by atoms with van der Waals surface area (Å²) in [5.41, 5.74) is 1.32. The Bertz CT molecular complexity index is 379. The highest BCUT2D eigenvalue weighted by molar-refractivity contribution is 5.88. The Morgan fingerprint density at radius 3 is 2.81 bits per heavy atom. The van der Waals surface area contributed by atoms with E-state index in [0.717, 1.165) is 12.8 Å². The van der Waals surface area contributed by atoms with Crippen molar-refractivity contribution < 1.29 is 4.79 Å². The lowest BCUT2D eigenvalue weighted by Gasteiger charge is -2.03. The lowest BCUT2D eigenvalue weighted by Crippen LogP contribution is -2.24. The summed E-state index contributed by atoms with van der Waals surface area (Å²) in [4.78, 5) is 15.5. The van der Waals surface area contributed by atoms with Crippen molar-refractivity contribution in [1.82, 2.24) is 10.3 Å². The van der Waals surface area contributed by atoms with Gasteiger partial charge in [0.05, 0.1) is 0 Å². The molecule has 2 amide bonds. The maximum Gasteiger partial charge on any atom is 0.324 e. The quantitative estimate of drug-likeness (QED) is 0.800. The van der Waals surface area contributed by atoms with Gasteiger partial charge in [-0.3, -0.25) is 5.32 Å². The van der Waals surface area contributed by atoms with Crippen molar-refractivity contribution in [2.75, 3.05) is 5.32 Å². The first-order valence-electron chi connectivity index (χ1n) is 5.51. The number of carbonyl (C=O) groups is 1. The van der Waals surface area contributed by atoms with Gasteiger partial charge in [0.1, 0.15) is 5.82 Å². The van der Waals surface area contributed by atoms with Gasteiger partial charge < -0.3 is 5.32 Å². The van der Waals surface area contributed by atoms with Gasteiger partial charge in [0, 0.05) is 12.4 Å². The molecule has 1 heterocycles. The van der Waals surface area contributed by atoms with Crippen LogP contribution in [-0.2, 0) is 0 Å². The van der Waals surface area contributed by atoms with Crippen LogP contribution in [0.15, 0.2) is 36.2 Å². The normalized spacial score (nSPS) is 14.6. The molecule has 1 aliphatic carbocycles. The Hall–Kier alpha value is -1.84. The maximum atomic E-state index is 11.5. The van der Waals surface area contributed by atoms with Gasteiger partial charge in [0.15, 0.2) is 0 Å². The molecule has 0 saturated heterocycles. The average Bonchev–Trinajstić information content (AvgIpc) is 2.81. The molecule has 0 atom stereocenters. The summed E-state index contributed by atoms with van der Waals surface area (Å²) >= 11 is 0. The molecule has 84 valence electrons. The van der Waals surface area contributed by atoms with Gasteiger partial charge in [-0.1, -0.05) is 11.6 Å². The van der Waals surface area contributed by atoms with Crippen molar-refractivity contribution in [3.8, 4) is 0 Å². The van der Waals surface area contributed by atoms with Crippen LogP contribution in [0, 0.1) is 0 Å². The number of amides is 2. The van der Waals surface area contributed by atoms with E-state index in [9.17, 15) is 4.79 Å². The monoisotopic (exact) mass is 217 g/mol. The minimum absolute atomic E-state index is 0.238. The molecular weight excluding hydrogens is 202 g/mol. The van der Waals surface area contributed by atoms with Gasteiger partial charge >= 0.3 is 6.03 Å². The molecule has 0 aromatic carbocycles. The van der Waals surface area contributed by atoms with E-state index in [4.69, 9.17) is 0 Å². The summed E-state index contributed by atoms with van der Waals surface area (Å²) in [5.74, 6) is 0.560. The van der Waals surface area contributed by atoms with E-state index in [-0.39, 0.29) is 6.03 Å². The lowest BCUT2D eigenvalue weighted by molar-refractivity contribution is 0.255. The highest BCUT2D eigenvalue weighted by Gasteiger charge is 2.06. The van der Waals surface area contributed by atoms with Crippen molar-refractivity contribution in [3.05, 3.63) is 36.2 Å². The standard InChI is InChI=1S/C12H15N3O/c16-12(14-9-10-5-1-2-6-10)15-11-7-3-4-8-13-11/h3-4,7-9H,1-2,5-6H2,(H2,13,14,15,16). The number of anilines is 1. The van der Waals surface area contributed by atoms with Crippen LogP contribution in [0.2, 0.25) is 0 Å². The number of hydrogen-bond donors (Lipinski definition) is 2. The largest absolute Gasteiger partial charge is 0.324 e. The lowest BCUT2D eigenvalue weighted by atomic mass is 10.2. The summed E-state index contributed by atoms with van der Waals surface area (Å²) in [6, 6.07) is 5.15. The van der Waals surface area contributed by atoms with Crippen molar-refractivity contribution >= 4 is 11.8 Å². The summed E-state index contributed by atoms with van der Waals surface area (Å²) < 4.78 is 0. The topological polar surface area (TPSA) is 54.0 Å². The minimum atomic E-state index is -0.238. The van der Waals surface area contributed by atoms with Crippen LogP contribution in [-0.4, -0.2) is 11.0 Å². The summed E-state index contributed by atoms with van der Waals surface area (Å²) in [6.07, 6.45) is 8.12. The summed E-state index contributed by atoms with van der Waals surface area (Å²) in [7, 11) is 0. The molecule has 2 N–H and O–H groups in total. The Morgan fingerprint density at radius 2 is 2.12 bits per heavy atom. The SMILES string of the molecule is O=C(NC=C1CCCC1)Nc1ccccn1. The predicted octanol–water partition coefficient (Wildman–Crippen LogP) is 2.66. The number of urea groups is 1. The number of pyridine rings is 1. The zero-order valence-electron chi connectivity index (χ0n) is 9.07. The number of aromatic nitrogens is 1. The zero-order valence-corrected chi connectivity index (χ0v) is 9.07. The van der Waals surface area contributed by atoms with Crippen LogP contribution in [0.25, 0.3) is 0 Å². The van der Waals surface area contributed by atoms with Crippen molar-refractivity contribution in [2.24, 2.45) is 0 Å². The van der Waals surface area contributed by atoms with Gasteiger partial charge in [-0.05, 0) is 37.8 Å². The Labute approximate surface area is 94.8 Å². The molecule has 0 bridgehead atoms. The number of carbonyl (C=O) groups excluding carboxylic acids is 1. The highest BCUT2D eigenvalue weighted by atomic mass is 16.2. The van der Waals surface area contributed by atoms with Crippen LogP contribution < -0.4 is 10.6 Å². The van der Waals surface area contributed by atoms with E-state index >= 15 is 0 Å². The highest BCUT2D eigenvalue weighted by Crippen LogP contribution is 2.22. The number of nitrogens with one attached hydrogen (secondary N) is 2. The second-order valence-electron chi connectivity index (χ2n) is 3.82. The molecule has 0 aliphatic heterocycles. The van der Waals surface area contributed by atoms with Crippen LogP contribution >= 0.6 is 0 Å². The molecule has 1 saturated carbocycles. The Balaban J connectivity index is 1.82. The fourth-order valence-electron chi connectivity index (χ4n) is 1.73. The minimum Gasteiger partial charge on any atom is -0.314 e. The number of rotatable bonds is 2. The van der Waals surface area contributed by atoms with Crippen LogP contribution in [0.5, 0.6) is 0 Å². The van der Waals surface area contributed by atoms with Gasteiger partial charge in [-0.25, -0.2) is 9.78 Å². The molecule has 0 unspecified atom stereocenters. The summed E-state index contributed by atoms with van der Waals surface area (Å²) in [6.45, 7) is 0. The van der Waals surface area contributed by atoms with E-state index in [1.54, 1.807) is 12.3 Å². The molecule has 1 aliphatic rings. The van der Waals surface area contributed by atoms with Gasteiger partial charge in [0.2, 0.25) is 0 Å². The number of hydrogen-bond acceptors (Lipinski definition) is 2. The molecule has 4 heteroatoms. The third-order valence-electron chi connectivity index (χ3n) is 2.56. The molecule has 2 rings (SSSR count). The zero-order chi connectivity index (χ0) is 11.2. The number of nitrogens with zero attached hydrogens (tertiary/aromatic N) is 1. The van der Waals surface area contributed by atoms with Crippen LogP contribution in [0.3, 0.4) is 0 Å². The Morgan fingerprint density at radius 1 is 1.31 bits per heavy atom. The molecule has 4 nitrogen and oxygen atoms in total. The first-order chi connectivity index (χ1) is 7.84.